The second-order valence-corrected chi connectivity index (χ2v) is 16.3. The van der Waals surface area contributed by atoms with E-state index in [1.54, 1.807) is 0 Å². The Morgan fingerprint density at radius 3 is 1.64 bits per heavy atom. The molecule has 2 aliphatic rings. The predicted molar refractivity (Wildman–Crippen MR) is 242 cm³/mol. The number of rotatable bonds is 5. The number of fused-ring (bicyclic) bond motifs is 12. The molecule has 0 saturated heterocycles. The van der Waals surface area contributed by atoms with Gasteiger partial charge in [0.05, 0.1) is 5.41 Å². The van der Waals surface area contributed by atoms with Gasteiger partial charge in [0, 0.05) is 48.4 Å². The highest BCUT2D eigenvalue weighted by Crippen LogP contribution is 2.63. The molecule has 1 aliphatic heterocycles. The molecule has 0 fully saturated rings. The van der Waals surface area contributed by atoms with Crippen LogP contribution >= 0.6 is 11.3 Å². The van der Waals surface area contributed by atoms with E-state index in [1.165, 1.54) is 64.7 Å². The Morgan fingerprint density at radius 1 is 0.345 bits per heavy atom. The van der Waals surface area contributed by atoms with Crippen LogP contribution in [0.3, 0.4) is 0 Å². The van der Waals surface area contributed by atoms with Crippen LogP contribution in [0.2, 0.25) is 0 Å². The molecular formula is C55H35NOS. The third-order valence-electron chi connectivity index (χ3n) is 12.1. The summed E-state index contributed by atoms with van der Waals surface area (Å²) in [5, 5.41) is 2.56. The lowest BCUT2D eigenvalue weighted by atomic mass is 9.66. The van der Waals surface area contributed by atoms with E-state index in [-0.39, 0.29) is 0 Å². The molecule has 0 saturated carbocycles. The maximum absolute atomic E-state index is 6.71. The van der Waals surface area contributed by atoms with Gasteiger partial charge in [0.1, 0.15) is 11.5 Å². The summed E-state index contributed by atoms with van der Waals surface area (Å²) in [5.74, 6) is 1.78. The summed E-state index contributed by atoms with van der Waals surface area (Å²) in [5.41, 5.74) is 14.8. The highest BCUT2D eigenvalue weighted by atomic mass is 32.1. The molecule has 2 nitrogen and oxygen atoms in total. The lowest BCUT2D eigenvalue weighted by molar-refractivity contribution is 0.436. The molecule has 0 unspecified atom stereocenters. The molecule has 272 valence electrons. The molecule has 1 spiro atoms. The van der Waals surface area contributed by atoms with Crippen LogP contribution in [-0.2, 0) is 5.41 Å². The summed E-state index contributed by atoms with van der Waals surface area (Å²) in [4.78, 5) is 2.43. The zero-order valence-corrected chi connectivity index (χ0v) is 32.3. The molecule has 0 atom stereocenters. The second-order valence-electron chi connectivity index (χ2n) is 15.2. The van der Waals surface area contributed by atoms with Crippen molar-refractivity contribution in [1.82, 2.24) is 0 Å². The fourth-order valence-corrected chi connectivity index (χ4v) is 10.7. The number of hydrogen-bond acceptors (Lipinski definition) is 3. The van der Waals surface area contributed by atoms with Crippen LogP contribution in [0, 0.1) is 0 Å². The van der Waals surface area contributed by atoms with Crippen LogP contribution < -0.4 is 9.64 Å². The van der Waals surface area contributed by atoms with Crippen LogP contribution in [-0.4, -0.2) is 0 Å². The van der Waals surface area contributed by atoms with Gasteiger partial charge in [0.25, 0.3) is 0 Å². The summed E-state index contributed by atoms with van der Waals surface area (Å²) in [7, 11) is 0. The maximum atomic E-state index is 6.71. The molecule has 0 N–H and O–H groups in total. The summed E-state index contributed by atoms with van der Waals surface area (Å²) in [6, 6.07) is 77.5. The van der Waals surface area contributed by atoms with Crippen LogP contribution in [0.15, 0.2) is 212 Å². The molecule has 12 rings (SSSR count). The van der Waals surface area contributed by atoms with Crippen molar-refractivity contribution < 1.29 is 4.74 Å². The van der Waals surface area contributed by atoms with Gasteiger partial charge in [-0.15, -0.1) is 11.3 Å². The first-order valence-corrected chi connectivity index (χ1v) is 20.6. The van der Waals surface area contributed by atoms with E-state index >= 15 is 0 Å². The van der Waals surface area contributed by atoms with E-state index in [1.807, 2.05) is 11.3 Å². The number of anilines is 3. The molecular weight excluding hydrogens is 723 g/mol. The zero-order valence-electron chi connectivity index (χ0n) is 31.5. The third-order valence-corrected chi connectivity index (χ3v) is 13.3. The molecule has 0 radical (unpaired) electrons. The quantitative estimate of drug-likeness (QED) is 0.173. The molecule has 0 amide bonds. The van der Waals surface area contributed by atoms with Gasteiger partial charge in [-0.2, -0.15) is 0 Å². The van der Waals surface area contributed by atoms with Crippen molar-refractivity contribution in [3.05, 3.63) is 235 Å². The van der Waals surface area contributed by atoms with Gasteiger partial charge in [-0.25, -0.2) is 0 Å². The molecule has 58 heavy (non-hydrogen) atoms. The van der Waals surface area contributed by atoms with Crippen molar-refractivity contribution in [2.75, 3.05) is 4.90 Å². The smallest absolute Gasteiger partial charge is 0.132 e. The van der Waals surface area contributed by atoms with Gasteiger partial charge < -0.3 is 9.64 Å². The fourth-order valence-electron chi connectivity index (χ4n) is 9.57. The largest absolute Gasteiger partial charge is 0.457 e. The highest BCUT2D eigenvalue weighted by Gasteiger charge is 2.51. The summed E-state index contributed by atoms with van der Waals surface area (Å²) in [6.45, 7) is 0. The first-order valence-electron chi connectivity index (χ1n) is 19.8. The summed E-state index contributed by atoms with van der Waals surface area (Å²) >= 11 is 1.85. The molecule has 2 heterocycles. The maximum Gasteiger partial charge on any atom is 0.132 e. The van der Waals surface area contributed by atoms with E-state index in [9.17, 15) is 0 Å². The van der Waals surface area contributed by atoms with E-state index < -0.39 is 5.41 Å². The van der Waals surface area contributed by atoms with Crippen molar-refractivity contribution in [2.24, 2.45) is 0 Å². The van der Waals surface area contributed by atoms with Crippen molar-refractivity contribution in [3.8, 4) is 44.9 Å². The topological polar surface area (TPSA) is 12.5 Å². The van der Waals surface area contributed by atoms with Crippen LogP contribution in [0.25, 0.3) is 53.6 Å². The van der Waals surface area contributed by atoms with Gasteiger partial charge in [0.2, 0.25) is 0 Å². The minimum atomic E-state index is -0.600. The van der Waals surface area contributed by atoms with Gasteiger partial charge >= 0.3 is 0 Å². The lowest BCUT2D eigenvalue weighted by Crippen LogP contribution is -2.32. The Labute approximate surface area is 341 Å². The fraction of sp³-hybridized carbons (Fsp3) is 0.0182. The molecule has 0 bridgehead atoms. The number of ether oxygens (including phenoxy) is 1. The zero-order chi connectivity index (χ0) is 38.2. The first kappa shape index (κ1) is 33.0. The first-order chi connectivity index (χ1) is 28.7. The molecule has 10 aromatic rings. The van der Waals surface area contributed by atoms with Crippen LogP contribution in [0.1, 0.15) is 22.3 Å². The van der Waals surface area contributed by atoms with Gasteiger partial charge in [-0.05, 0) is 111 Å². The van der Waals surface area contributed by atoms with E-state index in [0.29, 0.717) is 0 Å². The van der Waals surface area contributed by atoms with Gasteiger partial charge in [0.15, 0.2) is 0 Å². The van der Waals surface area contributed by atoms with E-state index in [0.717, 1.165) is 39.7 Å². The van der Waals surface area contributed by atoms with Crippen molar-refractivity contribution in [1.29, 1.82) is 0 Å². The van der Waals surface area contributed by atoms with E-state index in [4.69, 9.17) is 4.74 Å². The van der Waals surface area contributed by atoms with E-state index in [2.05, 4.69) is 217 Å². The number of thiophene rings is 1. The summed E-state index contributed by atoms with van der Waals surface area (Å²) in [6.07, 6.45) is 0. The molecule has 1 aromatic heterocycles. The number of hydrogen-bond donors (Lipinski definition) is 0. The SMILES string of the molecule is c1ccc(-c2ccc(N(c3ccc4c(c3)C3(c5ccccc5Oc5ccccc53)c3ccc(-c5ccccc5)cc3-4)c3ccc4sc5ccccc5c4c3)cc2)cc1. The lowest BCUT2D eigenvalue weighted by Gasteiger charge is -2.39. The highest BCUT2D eigenvalue weighted by molar-refractivity contribution is 7.25. The standard InChI is InChI=1S/C55H35NOS/c1-3-13-36(14-4-1)38-23-26-40(27-24-38)56(41-29-32-54-46(34-41)44-17-7-12-22-53(44)58-54)42-28-30-43-45-33-39(37-15-5-2-6-16-37)25-31-47(45)55(50(43)35-42)48-18-8-10-20-51(48)57-52-21-11-9-19-49(52)55/h1-35H. The molecule has 9 aromatic carbocycles. The van der Waals surface area contributed by atoms with Crippen molar-refractivity contribution in [3.63, 3.8) is 0 Å². The molecule has 3 heteroatoms. The van der Waals surface area contributed by atoms with Gasteiger partial charge in [-0.1, -0.05) is 146 Å². The number of benzene rings is 9. The average molecular weight is 758 g/mol. The monoisotopic (exact) mass is 757 g/mol. The summed E-state index contributed by atoms with van der Waals surface area (Å²) < 4.78 is 9.30. The van der Waals surface area contributed by atoms with Gasteiger partial charge in [-0.3, -0.25) is 0 Å². The Morgan fingerprint density at radius 2 is 0.897 bits per heavy atom. The second kappa shape index (κ2) is 12.9. The predicted octanol–water partition coefficient (Wildman–Crippen LogP) is 15.3. The average Bonchev–Trinajstić information content (AvgIpc) is 3.80. The minimum absolute atomic E-state index is 0.600. The Hall–Kier alpha value is -7.20. The number of nitrogens with zero attached hydrogens (tertiary/aromatic N) is 1. The third kappa shape index (κ3) is 4.90. The van der Waals surface area contributed by atoms with Crippen molar-refractivity contribution >= 4 is 48.6 Å². The Balaban J connectivity index is 1.12. The Kier molecular flexibility index (Phi) is 7.35. The Bertz CT molecular complexity index is 3160. The minimum Gasteiger partial charge on any atom is -0.457 e. The molecule has 1 aliphatic carbocycles. The normalized spacial score (nSPS) is 13.1. The van der Waals surface area contributed by atoms with Crippen molar-refractivity contribution in [2.45, 2.75) is 5.41 Å². The van der Waals surface area contributed by atoms with Crippen LogP contribution in [0.4, 0.5) is 17.1 Å². The van der Waals surface area contributed by atoms with Crippen LogP contribution in [0.5, 0.6) is 11.5 Å². The number of para-hydroxylation sites is 2.